The van der Waals surface area contributed by atoms with E-state index in [1.54, 1.807) is 0 Å². The van der Waals surface area contributed by atoms with Crippen molar-refractivity contribution in [1.29, 1.82) is 0 Å². The van der Waals surface area contributed by atoms with Crippen molar-refractivity contribution in [3.8, 4) is 0 Å². The highest BCUT2D eigenvalue weighted by Crippen LogP contribution is 2.24. The van der Waals surface area contributed by atoms with Gasteiger partial charge < -0.3 is 10.2 Å². The van der Waals surface area contributed by atoms with Crippen LogP contribution in [0.2, 0.25) is 0 Å². The summed E-state index contributed by atoms with van der Waals surface area (Å²) in [5.41, 5.74) is 0. The Kier molecular flexibility index (Phi) is 6.74. The van der Waals surface area contributed by atoms with Crippen LogP contribution in [0.25, 0.3) is 0 Å². The topological polar surface area (TPSA) is 35.6 Å². The minimum absolute atomic E-state index is 0. The second-order valence-electron chi connectivity index (χ2n) is 5.77. The van der Waals surface area contributed by atoms with E-state index < -0.39 is 12.7 Å². The quantitative estimate of drug-likeness (QED) is 0.834. The lowest BCUT2D eigenvalue weighted by Crippen LogP contribution is -2.56. The van der Waals surface area contributed by atoms with E-state index in [0.717, 1.165) is 13.1 Å². The van der Waals surface area contributed by atoms with Crippen molar-refractivity contribution >= 4 is 18.3 Å². The van der Waals surface area contributed by atoms with Gasteiger partial charge in [0, 0.05) is 32.2 Å². The molecule has 2 aliphatic heterocycles. The number of carbonyl (C=O) groups excluding carboxylic acids is 1. The summed E-state index contributed by atoms with van der Waals surface area (Å²) < 4.78 is 37.3. The smallest absolute Gasteiger partial charge is 0.337 e. The monoisotopic (exact) mass is 329 g/mol. The molecule has 2 heterocycles. The van der Waals surface area contributed by atoms with Crippen molar-refractivity contribution in [2.24, 2.45) is 5.92 Å². The minimum atomic E-state index is -4.19. The van der Waals surface area contributed by atoms with Crippen molar-refractivity contribution in [1.82, 2.24) is 15.1 Å². The molecule has 2 rings (SSSR count). The maximum Gasteiger partial charge on any atom is 0.401 e. The molecule has 0 aromatic carbocycles. The van der Waals surface area contributed by atoms with E-state index in [4.69, 9.17) is 0 Å². The molecule has 0 spiro atoms. The van der Waals surface area contributed by atoms with Gasteiger partial charge in [-0.25, -0.2) is 0 Å². The van der Waals surface area contributed by atoms with Gasteiger partial charge in [0.25, 0.3) is 0 Å². The predicted molar refractivity (Wildman–Crippen MR) is 76.5 cm³/mol. The van der Waals surface area contributed by atoms with Crippen molar-refractivity contribution in [2.75, 3.05) is 39.3 Å². The van der Waals surface area contributed by atoms with E-state index in [9.17, 15) is 18.0 Å². The number of alkyl halides is 3. The first-order chi connectivity index (χ1) is 9.37. The van der Waals surface area contributed by atoms with Crippen molar-refractivity contribution in [2.45, 2.75) is 32.0 Å². The van der Waals surface area contributed by atoms with Gasteiger partial charge in [-0.1, -0.05) is 0 Å². The average Bonchev–Trinajstić information content (AvgIpc) is 2.37. The summed E-state index contributed by atoms with van der Waals surface area (Å²) >= 11 is 0. The van der Waals surface area contributed by atoms with Crippen LogP contribution in [-0.4, -0.2) is 67.2 Å². The zero-order valence-electron chi connectivity index (χ0n) is 12.2. The molecule has 0 bridgehead atoms. The molecule has 0 radical (unpaired) electrons. The summed E-state index contributed by atoms with van der Waals surface area (Å²) in [6.45, 7) is 3.89. The van der Waals surface area contributed by atoms with E-state index in [1.165, 1.54) is 4.90 Å². The number of carbonyl (C=O) groups is 1. The molecule has 124 valence electrons. The molecule has 1 unspecified atom stereocenters. The number of amides is 1. The van der Waals surface area contributed by atoms with Gasteiger partial charge in [-0.05, 0) is 26.3 Å². The van der Waals surface area contributed by atoms with Gasteiger partial charge in [0.15, 0.2) is 0 Å². The fraction of sp³-hybridized carbons (Fsp3) is 0.923. The highest BCUT2D eigenvalue weighted by Gasteiger charge is 2.36. The van der Waals surface area contributed by atoms with Gasteiger partial charge in [-0.2, -0.15) is 13.2 Å². The number of rotatable bonds is 2. The summed E-state index contributed by atoms with van der Waals surface area (Å²) in [6.07, 6.45) is -2.83. The number of halogens is 4. The van der Waals surface area contributed by atoms with E-state index in [-0.39, 0.29) is 36.8 Å². The normalized spacial score (nSPS) is 28.1. The zero-order valence-corrected chi connectivity index (χ0v) is 13.0. The Morgan fingerprint density at radius 1 is 1.33 bits per heavy atom. The molecule has 0 aromatic heterocycles. The lowest BCUT2D eigenvalue weighted by molar-refractivity contribution is -0.155. The van der Waals surface area contributed by atoms with Crippen molar-refractivity contribution in [3.63, 3.8) is 0 Å². The number of likely N-dealkylation sites (tertiary alicyclic amines) is 1. The Labute approximate surface area is 129 Å². The standard InChI is InChI=1S/C13H22F3N3O.ClH/c1-10-7-17-4-6-19(10)12(20)11-3-2-5-18(8-11)9-13(14,15)16;/h10-11,17H,2-9H2,1H3;1H/t10-,11?;/m1./s1. The van der Waals surface area contributed by atoms with Crippen LogP contribution in [0.15, 0.2) is 0 Å². The molecule has 4 nitrogen and oxygen atoms in total. The number of nitrogens with one attached hydrogen (secondary N) is 1. The number of piperidine rings is 1. The summed E-state index contributed by atoms with van der Waals surface area (Å²) in [4.78, 5) is 15.6. The first-order valence-corrected chi connectivity index (χ1v) is 7.17. The van der Waals surface area contributed by atoms with Gasteiger partial charge in [0.1, 0.15) is 0 Å². The Balaban J connectivity index is 0.00000220. The van der Waals surface area contributed by atoms with Gasteiger partial charge >= 0.3 is 6.18 Å². The number of hydrogen-bond acceptors (Lipinski definition) is 3. The molecular formula is C13H23ClF3N3O. The third-order valence-corrected chi connectivity index (χ3v) is 4.04. The number of piperazine rings is 1. The Bertz CT molecular complexity index is 354. The summed E-state index contributed by atoms with van der Waals surface area (Å²) in [5.74, 6) is -0.266. The lowest BCUT2D eigenvalue weighted by Gasteiger charge is -2.39. The zero-order chi connectivity index (χ0) is 14.8. The summed E-state index contributed by atoms with van der Waals surface area (Å²) in [6, 6.07) is 0.120. The Hall–Kier alpha value is -0.530. The third kappa shape index (κ3) is 5.30. The molecule has 2 aliphatic rings. The SMILES string of the molecule is C[C@@H]1CNCCN1C(=O)C1CCCN(CC(F)(F)F)C1.Cl. The van der Waals surface area contributed by atoms with Crippen LogP contribution in [0.5, 0.6) is 0 Å². The molecule has 2 fully saturated rings. The second kappa shape index (κ2) is 7.65. The third-order valence-electron chi connectivity index (χ3n) is 4.04. The van der Waals surface area contributed by atoms with Crippen LogP contribution >= 0.6 is 12.4 Å². The Morgan fingerprint density at radius 2 is 2.05 bits per heavy atom. The summed E-state index contributed by atoms with van der Waals surface area (Å²) in [7, 11) is 0. The van der Waals surface area contributed by atoms with Crippen LogP contribution in [0.1, 0.15) is 19.8 Å². The van der Waals surface area contributed by atoms with Gasteiger partial charge in [-0.15, -0.1) is 12.4 Å². The van der Waals surface area contributed by atoms with Crippen LogP contribution in [0, 0.1) is 5.92 Å². The first-order valence-electron chi connectivity index (χ1n) is 7.17. The van der Waals surface area contributed by atoms with Crippen LogP contribution < -0.4 is 5.32 Å². The molecule has 0 aliphatic carbocycles. The maximum absolute atomic E-state index is 12.5. The molecule has 2 atom stereocenters. The van der Waals surface area contributed by atoms with Crippen LogP contribution in [0.4, 0.5) is 13.2 Å². The molecule has 1 amide bonds. The molecule has 21 heavy (non-hydrogen) atoms. The van der Waals surface area contributed by atoms with E-state index >= 15 is 0 Å². The molecule has 1 N–H and O–H groups in total. The van der Waals surface area contributed by atoms with Gasteiger partial charge in [-0.3, -0.25) is 9.69 Å². The van der Waals surface area contributed by atoms with E-state index in [2.05, 4.69) is 5.32 Å². The predicted octanol–water partition coefficient (Wildman–Crippen LogP) is 1.50. The van der Waals surface area contributed by atoms with Gasteiger partial charge in [0.2, 0.25) is 5.91 Å². The van der Waals surface area contributed by atoms with Crippen molar-refractivity contribution < 1.29 is 18.0 Å². The van der Waals surface area contributed by atoms with Crippen molar-refractivity contribution in [3.05, 3.63) is 0 Å². The molecule has 0 saturated carbocycles. The van der Waals surface area contributed by atoms with E-state index in [0.29, 0.717) is 25.9 Å². The van der Waals surface area contributed by atoms with Gasteiger partial charge in [0.05, 0.1) is 12.5 Å². The lowest BCUT2D eigenvalue weighted by atomic mass is 9.95. The molecule has 0 aromatic rings. The largest absolute Gasteiger partial charge is 0.401 e. The highest BCUT2D eigenvalue weighted by atomic mass is 35.5. The van der Waals surface area contributed by atoms with E-state index in [1.807, 2.05) is 11.8 Å². The molecule has 8 heteroatoms. The average molecular weight is 330 g/mol. The fourth-order valence-electron chi connectivity index (χ4n) is 3.06. The minimum Gasteiger partial charge on any atom is -0.337 e. The highest BCUT2D eigenvalue weighted by molar-refractivity contribution is 5.85. The second-order valence-corrected chi connectivity index (χ2v) is 5.77. The molecular weight excluding hydrogens is 307 g/mol. The number of hydrogen-bond donors (Lipinski definition) is 1. The maximum atomic E-state index is 12.5. The van der Waals surface area contributed by atoms with Crippen LogP contribution in [-0.2, 0) is 4.79 Å². The molecule has 2 saturated heterocycles. The Morgan fingerprint density at radius 3 is 2.67 bits per heavy atom. The first kappa shape index (κ1) is 18.5. The van der Waals surface area contributed by atoms with Crippen LogP contribution in [0.3, 0.4) is 0 Å². The fourth-order valence-corrected chi connectivity index (χ4v) is 3.06. The summed E-state index contributed by atoms with van der Waals surface area (Å²) in [5, 5.41) is 3.21. The number of nitrogens with zero attached hydrogens (tertiary/aromatic N) is 2.